The zero-order valence-electron chi connectivity index (χ0n) is 59.2. The van der Waals surface area contributed by atoms with Crippen LogP contribution in [-0.4, -0.2) is 233 Å². The molecule has 0 atom stereocenters. The minimum Gasteiger partial charge on any atom is -1.00 e. The molecule has 0 aromatic heterocycles. The second kappa shape index (κ2) is 51.6. The van der Waals surface area contributed by atoms with Crippen LogP contribution < -0.4 is 34.0 Å². The van der Waals surface area contributed by atoms with Crippen molar-refractivity contribution < 1.29 is 66.9 Å². The summed E-state index contributed by atoms with van der Waals surface area (Å²) in [7, 11) is 25.0. The summed E-state index contributed by atoms with van der Waals surface area (Å²) in [6, 6.07) is 38.8. The zero-order valence-corrected chi connectivity index (χ0v) is 74.0. The van der Waals surface area contributed by atoms with Gasteiger partial charge in [0.25, 0.3) is 5.24 Å². The third kappa shape index (κ3) is 36.9. The Morgan fingerprint density at radius 2 is 0.607 bits per heavy atom. The fourth-order valence-electron chi connectivity index (χ4n) is 9.68. The van der Waals surface area contributed by atoms with Gasteiger partial charge in [-0.1, -0.05) is 28.1 Å². The molecule has 0 aliphatic heterocycles. The SMILES string of the molecule is CBr.CN(C)Cc1ccc(C(=O)Cl)cc1.C[CH2][GeH2][CH2]C.C[CH2][Ge]([CH2]C)([C](=O)c1ccc(CN(C)C)cc1)[C](=O)c1ccc(CN(C)C)cc1.C[CH2][Ge]([CH2]C)([C](=O)c1ccc(C[N+](C)(C)C)cc1)[C](=O)c1ccc(C[N+](C)(C)C)cc1.C[CH2][Ge][CH2]C.[Br-].[Br-].[Li].[Li]. The van der Waals surface area contributed by atoms with E-state index in [4.69, 9.17) is 11.6 Å². The van der Waals surface area contributed by atoms with Crippen LogP contribution in [0.5, 0.6) is 0 Å². The molecule has 20 heteroatoms. The average molecular weight is 1670 g/mol. The summed E-state index contributed by atoms with van der Waals surface area (Å²) in [6.07, 6.45) is 0. The maximum atomic E-state index is 13.7. The van der Waals surface area contributed by atoms with Crippen LogP contribution in [0, 0.1) is 0 Å². The number of carbonyl (C=O) groups excluding carboxylic acids is 5. The van der Waals surface area contributed by atoms with E-state index in [2.05, 4.69) is 101 Å². The molecule has 0 saturated heterocycles. The maximum Gasteiger partial charge on any atom is 0 e. The predicted octanol–water partition coefficient (Wildman–Crippen LogP) is 8.16. The van der Waals surface area contributed by atoms with Crippen molar-refractivity contribution in [3.63, 3.8) is 0 Å². The van der Waals surface area contributed by atoms with Crippen LogP contribution in [0.15, 0.2) is 121 Å². The third-order valence-corrected chi connectivity index (χ3v) is 39.3. The quantitative estimate of drug-likeness (QED) is 0.0225. The molecule has 0 N–H and O–H groups in total. The van der Waals surface area contributed by atoms with Crippen molar-refractivity contribution >= 4 is 146 Å². The normalized spacial score (nSPS) is 10.8. The molecular formula is C69H111Br3ClGe4Li2N5O5. The van der Waals surface area contributed by atoms with E-state index in [-0.39, 0.29) is 106 Å². The number of quaternary nitrogens is 2. The van der Waals surface area contributed by atoms with Crippen LogP contribution in [0.1, 0.15) is 135 Å². The monoisotopic (exact) mass is 1670 g/mol. The fraction of sp³-hybridized carbons (Fsp3) is 0.493. The van der Waals surface area contributed by atoms with E-state index < -0.39 is 31.8 Å². The van der Waals surface area contributed by atoms with Crippen LogP contribution in [0.4, 0.5) is 0 Å². The van der Waals surface area contributed by atoms with Gasteiger partial charge in [0.1, 0.15) is 0 Å². The Kier molecular flexibility index (Phi) is 56.3. The second-order valence-electron chi connectivity index (χ2n) is 24.6. The molecule has 0 fully saturated rings. The number of carbonyl (C=O) groups is 5. The second-order valence-corrected chi connectivity index (χ2v) is 53.4. The van der Waals surface area contributed by atoms with Crippen molar-refractivity contribution in [3.8, 4) is 0 Å². The van der Waals surface area contributed by atoms with Gasteiger partial charge in [-0.05, 0) is 49.2 Å². The minimum atomic E-state index is -3.48. The largest absolute Gasteiger partial charge is 1.00 e. The Morgan fingerprint density at radius 1 is 0.404 bits per heavy atom. The molecule has 0 spiro atoms. The third-order valence-electron chi connectivity index (χ3n) is 14.2. The van der Waals surface area contributed by atoms with Gasteiger partial charge in [0.05, 0.1) is 0 Å². The van der Waals surface area contributed by atoms with Gasteiger partial charge in [-0.3, -0.25) is 4.79 Å². The van der Waals surface area contributed by atoms with Gasteiger partial charge in [-0.25, -0.2) is 0 Å². The summed E-state index contributed by atoms with van der Waals surface area (Å²) < 4.78 is 2.11. The van der Waals surface area contributed by atoms with Gasteiger partial charge >= 0.3 is 449 Å². The number of alkyl halides is 1. The number of nitrogens with zero attached hydrogens (tertiary/aromatic N) is 5. The van der Waals surface area contributed by atoms with E-state index in [0.717, 1.165) is 41.7 Å². The molecule has 4 radical (unpaired) electrons. The topological polar surface area (TPSA) is 95.1 Å². The Balaban J connectivity index is -0.000000372. The van der Waals surface area contributed by atoms with Crippen LogP contribution in [-0.2, 0) is 32.7 Å². The van der Waals surface area contributed by atoms with Crippen molar-refractivity contribution in [1.82, 2.24) is 14.7 Å². The molecule has 0 saturated carbocycles. The first-order valence-electron chi connectivity index (χ1n) is 30.4. The van der Waals surface area contributed by atoms with Crippen LogP contribution >= 0.6 is 27.5 Å². The van der Waals surface area contributed by atoms with Crippen molar-refractivity contribution in [2.45, 2.75) is 130 Å². The molecule has 0 aliphatic carbocycles. The summed E-state index contributed by atoms with van der Waals surface area (Å²) in [5.74, 6) is 1.81. The first kappa shape index (κ1) is 97.0. The van der Waals surface area contributed by atoms with Gasteiger partial charge in [0, 0.05) is 49.8 Å². The van der Waals surface area contributed by atoms with E-state index in [9.17, 15) is 24.0 Å². The number of hydrogen-bond acceptors (Lipinski definition) is 8. The minimum absolute atomic E-state index is 0. The molecule has 0 aliphatic rings. The molecule has 5 aromatic rings. The summed E-state index contributed by atoms with van der Waals surface area (Å²) >= 11 is 1.93. The smallest absolute Gasteiger partial charge is 0 e. The summed E-state index contributed by atoms with van der Waals surface area (Å²) in [5.41, 5.74) is 9.23. The summed E-state index contributed by atoms with van der Waals surface area (Å²) in [4.78, 5) is 71.4. The van der Waals surface area contributed by atoms with Gasteiger partial charge in [-0.15, -0.1) is 0 Å². The first-order valence-corrected chi connectivity index (χ1v) is 49.7. The Hall–Kier alpha value is -0.654. The molecule has 488 valence electrons. The summed E-state index contributed by atoms with van der Waals surface area (Å²) in [6.45, 7) is 21.5. The number of benzene rings is 5. The molecule has 5 rings (SSSR count). The van der Waals surface area contributed by atoms with Gasteiger partial charge < -0.3 is 38.9 Å². The van der Waals surface area contributed by atoms with Gasteiger partial charge in [0.15, 0.2) is 0 Å². The van der Waals surface area contributed by atoms with E-state index in [1.54, 1.807) is 12.1 Å². The molecule has 10 nitrogen and oxygen atoms in total. The Labute approximate surface area is 618 Å². The summed E-state index contributed by atoms with van der Waals surface area (Å²) in [5, 5.41) is 8.29. The molecule has 0 amide bonds. The van der Waals surface area contributed by atoms with E-state index in [0.29, 0.717) is 64.3 Å². The first-order chi connectivity index (χ1) is 40.0. The van der Waals surface area contributed by atoms with Crippen molar-refractivity contribution in [2.75, 3.05) is 90.4 Å². The molecule has 0 unspecified atom stereocenters. The Morgan fingerprint density at radius 3 is 0.742 bits per heavy atom. The maximum absolute atomic E-state index is 13.7. The predicted molar refractivity (Wildman–Crippen MR) is 391 cm³/mol. The van der Waals surface area contributed by atoms with Crippen LogP contribution in [0.3, 0.4) is 0 Å². The van der Waals surface area contributed by atoms with Crippen LogP contribution in [0.25, 0.3) is 0 Å². The average Bonchev–Trinajstić information content (AvgIpc) is 1.53. The molecule has 0 heterocycles. The van der Waals surface area contributed by atoms with Crippen molar-refractivity contribution in [2.24, 2.45) is 0 Å². The van der Waals surface area contributed by atoms with E-state index in [1.807, 2.05) is 185 Å². The van der Waals surface area contributed by atoms with Gasteiger partial charge in [-0.2, -0.15) is 0 Å². The van der Waals surface area contributed by atoms with Crippen molar-refractivity contribution in [3.05, 3.63) is 177 Å². The number of rotatable bonds is 27. The van der Waals surface area contributed by atoms with E-state index >= 15 is 0 Å². The number of hydrogen-bond donors (Lipinski definition) is 0. The fourth-order valence-corrected chi connectivity index (χ4v) is 26.7. The molecular weight excluding hydrogens is 1560 g/mol. The molecule has 89 heavy (non-hydrogen) atoms. The number of halogens is 4. The molecule has 5 aromatic carbocycles. The van der Waals surface area contributed by atoms with Gasteiger partial charge in [0.2, 0.25) is 0 Å². The van der Waals surface area contributed by atoms with E-state index in [1.165, 1.54) is 48.8 Å². The standard InChI is InChI=1S/C26H40GeN2O2.C24H34GeN2O2.C10H12ClNO.C4H12Ge.C4H10Ge.CH3Br.2BrH.2Li/c1-9-27(10-2,25(30)23-15-11-21(12-16-23)19-28(3,4)5)26(31)24-17-13-22(14-18-24)20-29(6,7)8;1-7-25(8-2,23(28)21-13-9-19(10-14-21)17-26(3)4)24(29)22-15-11-20(12-16-22)18-27(5)6;1-12(2)7-8-3-5-9(6-4-8)10(11)13;2*1-3-5-4-2;1-2;;;;/h11-18H,9-10,19-20H2,1-8H3;9-16H,7-8,17-18H2,1-6H3;3-6H,7H2,1-2H3;3-5H2,1-2H3;3-4H2,1-2H3;1H3;2*1H;;/q+2;;;;;;;;;/p-2. The Bertz CT molecular complexity index is 2560. The van der Waals surface area contributed by atoms with Crippen LogP contribution in [0.2, 0.25) is 42.0 Å². The molecule has 0 bridgehead atoms. The van der Waals surface area contributed by atoms with Crippen molar-refractivity contribution in [1.29, 1.82) is 0 Å². The zero-order chi connectivity index (χ0) is 65.1.